The third-order valence-electron chi connectivity index (χ3n) is 4.43. The molecule has 0 radical (unpaired) electrons. The summed E-state index contributed by atoms with van der Waals surface area (Å²) in [6.07, 6.45) is 9.09. The summed E-state index contributed by atoms with van der Waals surface area (Å²) >= 11 is 0. The molecule has 0 aliphatic heterocycles. The second-order valence-corrected chi connectivity index (χ2v) is 6.34. The van der Waals surface area contributed by atoms with Crippen LogP contribution in [0, 0.1) is 12.3 Å². The Labute approximate surface area is 140 Å². The summed E-state index contributed by atoms with van der Waals surface area (Å²) in [7, 11) is 0. The molecule has 1 aliphatic carbocycles. The Morgan fingerprint density at radius 1 is 1.50 bits per heavy atom. The van der Waals surface area contributed by atoms with Gasteiger partial charge in [-0.1, -0.05) is 12.8 Å². The summed E-state index contributed by atoms with van der Waals surface area (Å²) in [5.74, 6) is -0.0818. The van der Waals surface area contributed by atoms with E-state index >= 15 is 0 Å². The van der Waals surface area contributed by atoms with Crippen molar-refractivity contribution in [3.05, 3.63) is 18.1 Å². The Morgan fingerprint density at radius 3 is 2.75 bits per heavy atom. The predicted octanol–water partition coefficient (Wildman–Crippen LogP) is 3.00. The van der Waals surface area contributed by atoms with E-state index in [1.54, 1.807) is 6.92 Å². The molecule has 7 heteroatoms. The van der Waals surface area contributed by atoms with Gasteiger partial charge in [-0.05, 0) is 26.2 Å². The molecule has 1 saturated carbocycles. The molecule has 0 bridgehead atoms. The van der Waals surface area contributed by atoms with Crippen molar-refractivity contribution in [1.82, 2.24) is 15.3 Å². The highest BCUT2D eigenvalue weighted by atomic mass is 19.3. The molecule has 1 unspecified atom stereocenters. The van der Waals surface area contributed by atoms with E-state index in [1.807, 2.05) is 6.92 Å². The molecule has 1 amide bonds. The lowest BCUT2D eigenvalue weighted by Crippen LogP contribution is -2.44. The lowest BCUT2D eigenvalue weighted by atomic mass is 9.92. The van der Waals surface area contributed by atoms with E-state index in [1.165, 1.54) is 12.5 Å². The number of hydrogen-bond acceptors (Lipinski definition) is 4. The van der Waals surface area contributed by atoms with Gasteiger partial charge in [0, 0.05) is 25.1 Å². The number of anilines is 1. The lowest BCUT2D eigenvalue weighted by Gasteiger charge is -2.29. The first-order valence-electron chi connectivity index (χ1n) is 8.03. The second kappa shape index (κ2) is 7.12. The Balaban J connectivity index is 2.10. The fourth-order valence-electron chi connectivity index (χ4n) is 2.53. The van der Waals surface area contributed by atoms with E-state index in [2.05, 4.69) is 26.5 Å². The molecule has 0 spiro atoms. The van der Waals surface area contributed by atoms with Crippen LogP contribution < -0.4 is 10.6 Å². The number of alkyl halides is 2. The summed E-state index contributed by atoms with van der Waals surface area (Å²) < 4.78 is 26.5. The van der Waals surface area contributed by atoms with Gasteiger partial charge in [-0.15, -0.1) is 6.42 Å². The number of terminal acetylenes is 1. The van der Waals surface area contributed by atoms with Crippen LogP contribution in [-0.2, 0) is 0 Å². The molecule has 0 aromatic carbocycles. The quantitative estimate of drug-likeness (QED) is 0.811. The smallest absolute Gasteiger partial charge is 0.257 e. The summed E-state index contributed by atoms with van der Waals surface area (Å²) in [5, 5.41) is 5.88. The number of nitrogens with zero attached hydrogens (tertiary/aromatic N) is 2. The average molecular weight is 336 g/mol. The van der Waals surface area contributed by atoms with Crippen molar-refractivity contribution < 1.29 is 13.6 Å². The summed E-state index contributed by atoms with van der Waals surface area (Å²) in [6, 6.07) is -0.142. The van der Waals surface area contributed by atoms with Crippen molar-refractivity contribution in [3.8, 4) is 12.3 Å². The van der Waals surface area contributed by atoms with Gasteiger partial charge in [0.1, 0.15) is 17.7 Å². The molecule has 24 heavy (non-hydrogen) atoms. The molecule has 1 heterocycles. The van der Waals surface area contributed by atoms with Crippen LogP contribution in [0.3, 0.4) is 0 Å². The number of hydrogen-bond donors (Lipinski definition) is 2. The third kappa shape index (κ3) is 4.40. The second-order valence-electron chi connectivity index (χ2n) is 6.34. The number of nitrogens with one attached hydrogen (secondary N) is 2. The third-order valence-corrected chi connectivity index (χ3v) is 4.43. The first-order chi connectivity index (χ1) is 11.3. The van der Waals surface area contributed by atoms with Gasteiger partial charge in [0.2, 0.25) is 5.92 Å². The van der Waals surface area contributed by atoms with Gasteiger partial charge in [-0.3, -0.25) is 4.79 Å². The molecule has 1 aromatic rings. The van der Waals surface area contributed by atoms with Crippen molar-refractivity contribution in [2.75, 3.05) is 5.32 Å². The minimum absolute atomic E-state index is 0.142. The molecule has 1 aromatic heterocycles. The monoisotopic (exact) mass is 336 g/mol. The van der Waals surface area contributed by atoms with E-state index < -0.39 is 11.5 Å². The van der Waals surface area contributed by atoms with Gasteiger partial charge in [0.15, 0.2) is 0 Å². The van der Waals surface area contributed by atoms with E-state index in [-0.39, 0.29) is 30.4 Å². The Hall–Kier alpha value is -2.23. The number of carbonyl (C=O) groups excluding carboxylic acids is 1. The highest BCUT2D eigenvalue weighted by molar-refractivity contribution is 5.99. The molecule has 2 N–H and O–H groups in total. The summed E-state index contributed by atoms with van der Waals surface area (Å²) in [4.78, 5) is 20.5. The van der Waals surface area contributed by atoms with E-state index in [4.69, 9.17) is 6.42 Å². The molecule has 1 aliphatic rings. The van der Waals surface area contributed by atoms with E-state index in [0.29, 0.717) is 25.1 Å². The molecule has 130 valence electrons. The number of aromatic nitrogens is 2. The summed E-state index contributed by atoms with van der Waals surface area (Å²) in [5.41, 5.74) is -0.512. The van der Waals surface area contributed by atoms with Crippen molar-refractivity contribution in [3.63, 3.8) is 0 Å². The van der Waals surface area contributed by atoms with Gasteiger partial charge in [-0.2, -0.15) is 0 Å². The molecule has 1 fully saturated rings. The minimum Gasteiger partial charge on any atom is -0.367 e. The molecule has 0 saturated heterocycles. The van der Waals surface area contributed by atoms with Crippen LogP contribution in [0.25, 0.3) is 0 Å². The number of rotatable bonds is 5. The summed E-state index contributed by atoms with van der Waals surface area (Å²) in [6.45, 7) is 3.63. The van der Waals surface area contributed by atoms with Crippen LogP contribution >= 0.6 is 0 Å². The van der Waals surface area contributed by atoms with Gasteiger partial charge >= 0.3 is 0 Å². The normalized spacial score (nSPS) is 19.8. The zero-order valence-corrected chi connectivity index (χ0v) is 13.9. The fourth-order valence-corrected chi connectivity index (χ4v) is 2.53. The average Bonchev–Trinajstić information content (AvgIpc) is 2.57. The van der Waals surface area contributed by atoms with Crippen LogP contribution in [0.2, 0.25) is 0 Å². The van der Waals surface area contributed by atoms with Gasteiger partial charge < -0.3 is 10.6 Å². The Morgan fingerprint density at radius 2 is 2.17 bits per heavy atom. The van der Waals surface area contributed by atoms with Crippen LogP contribution in [0.15, 0.2) is 12.5 Å². The number of halogens is 2. The van der Waals surface area contributed by atoms with Gasteiger partial charge in [0.05, 0.1) is 5.54 Å². The van der Waals surface area contributed by atoms with Crippen molar-refractivity contribution in [2.45, 2.75) is 63.5 Å². The van der Waals surface area contributed by atoms with Gasteiger partial charge in [0.25, 0.3) is 5.91 Å². The first kappa shape index (κ1) is 18.1. The molecular formula is C17H22F2N4O. The molecule has 1 atom stereocenters. The molecule has 5 nitrogen and oxygen atoms in total. The van der Waals surface area contributed by atoms with Gasteiger partial charge in [-0.25, -0.2) is 18.7 Å². The zero-order valence-electron chi connectivity index (χ0n) is 13.9. The lowest BCUT2D eigenvalue weighted by molar-refractivity contribution is -0.0361. The number of carbonyl (C=O) groups is 1. The van der Waals surface area contributed by atoms with Crippen LogP contribution in [0.1, 0.15) is 56.3 Å². The van der Waals surface area contributed by atoms with Crippen molar-refractivity contribution in [2.24, 2.45) is 0 Å². The zero-order chi connectivity index (χ0) is 17.8. The fraction of sp³-hybridized carbons (Fsp3) is 0.588. The molecular weight excluding hydrogens is 314 g/mol. The maximum absolute atomic E-state index is 13.3. The maximum Gasteiger partial charge on any atom is 0.257 e. The van der Waals surface area contributed by atoms with Crippen LogP contribution in [0.5, 0.6) is 0 Å². The van der Waals surface area contributed by atoms with Crippen LogP contribution in [-0.4, -0.2) is 33.4 Å². The first-order valence-corrected chi connectivity index (χ1v) is 8.03. The predicted molar refractivity (Wildman–Crippen MR) is 87.9 cm³/mol. The van der Waals surface area contributed by atoms with E-state index in [0.717, 1.165) is 0 Å². The standard InChI is InChI=1S/C17H22F2N4O/c1-4-16(3,5-2)23-15(24)13-10-20-11-21-14(13)22-12-6-8-17(18,19)9-7-12/h1,10-12H,5-9H2,2-3H3,(H,23,24)(H,20,21,22). The largest absolute Gasteiger partial charge is 0.367 e. The van der Waals surface area contributed by atoms with Crippen LogP contribution in [0.4, 0.5) is 14.6 Å². The van der Waals surface area contributed by atoms with E-state index in [9.17, 15) is 13.6 Å². The minimum atomic E-state index is -2.60. The Kier molecular flexibility index (Phi) is 5.37. The van der Waals surface area contributed by atoms with Crippen molar-refractivity contribution in [1.29, 1.82) is 0 Å². The highest BCUT2D eigenvalue weighted by Gasteiger charge is 2.35. The maximum atomic E-state index is 13.3. The van der Waals surface area contributed by atoms with Crippen molar-refractivity contribution >= 4 is 11.7 Å². The topological polar surface area (TPSA) is 66.9 Å². The number of amides is 1. The Bertz CT molecular complexity index is 634. The highest BCUT2D eigenvalue weighted by Crippen LogP contribution is 2.34. The molecule has 2 rings (SSSR count). The SMILES string of the molecule is C#CC(C)(CC)NC(=O)c1cncnc1NC1CCC(F)(F)CC1.